The molecule has 0 unspecified atom stereocenters. The van der Waals surface area contributed by atoms with Crippen LogP contribution >= 0.6 is 0 Å². The second kappa shape index (κ2) is 7.92. The quantitative estimate of drug-likeness (QED) is 0.806. The zero-order chi connectivity index (χ0) is 17.7. The molecular weight excluding hydrogens is 312 g/mol. The third-order valence-corrected chi connectivity index (χ3v) is 4.04. The van der Waals surface area contributed by atoms with Crippen molar-refractivity contribution in [3.8, 4) is 0 Å². The van der Waals surface area contributed by atoms with Gasteiger partial charge in [-0.15, -0.1) is 0 Å². The third-order valence-electron chi connectivity index (χ3n) is 4.04. The highest BCUT2D eigenvalue weighted by molar-refractivity contribution is 5.92. The van der Waals surface area contributed by atoms with Crippen LogP contribution in [0.4, 0.5) is 0 Å². The second-order valence-corrected chi connectivity index (χ2v) is 5.73. The van der Waals surface area contributed by atoms with E-state index in [1.54, 1.807) is 41.0 Å². The minimum absolute atomic E-state index is 0.00657. The number of carbonyl (C=O) groups is 3. The van der Waals surface area contributed by atoms with Gasteiger partial charge in [0.1, 0.15) is 0 Å². The zero-order valence-corrected chi connectivity index (χ0v) is 13.9. The first-order valence-electron chi connectivity index (χ1n) is 7.87. The monoisotopic (exact) mass is 334 g/mol. The molecule has 1 aromatic rings. The normalized spacial score (nSPS) is 15.8. The van der Waals surface area contributed by atoms with Gasteiger partial charge in [-0.2, -0.15) is 0 Å². The molecule has 1 N–H and O–H groups in total. The molecule has 0 aromatic heterocycles. The van der Waals surface area contributed by atoms with E-state index in [1.807, 2.05) is 0 Å². The molecular formula is C17H22N2O5. The first-order valence-corrected chi connectivity index (χ1v) is 7.87. The molecule has 130 valence electrons. The smallest absolute Gasteiger partial charge is 0.338 e. The van der Waals surface area contributed by atoms with Crippen molar-refractivity contribution in [1.29, 1.82) is 0 Å². The highest BCUT2D eigenvalue weighted by Crippen LogP contribution is 2.10. The molecule has 2 rings (SSSR count). The van der Waals surface area contributed by atoms with Crippen molar-refractivity contribution in [3.05, 3.63) is 35.4 Å². The maximum absolute atomic E-state index is 12.4. The lowest BCUT2D eigenvalue weighted by Crippen LogP contribution is -2.52. The van der Waals surface area contributed by atoms with Gasteiger partial charge >= 0.3 is 5.97 Å². The Morgan fingerprint density at radius 2 is 1.62 bits per heavy atom. The largest absolute Gasteiger partial charge is 0.449 e. The summed E-state index contributed by atoms with van der Waals surface area (Å²) in [7, 11) is 0. The molecule has 0 spiro atoms. The Labute approximate surface area is 140 Å². The van der Waals surface area contributed by atoms with Crippen LogP contribution in [0.5, 0.6) is 0 Å². The number of carbonyl (C=O) groups excluding carboxylic acids is 3. The van der Waals surface area contributed by atoms with E-state index in [0.717, 1.165) is 0 Å². The zero-order valence-electron chi connectivity index (χ0n) is 13.9. The van der Waals surface area contributed by atoms with Crippen molar-refractivity contribution < 1.29 is 24.2 Å². The number of hydrogen-bond donors (Lipinski definition) is 1. The van der Waals surface area contributed by atoms with Gasteiger partial charge in [-0.25, -0.2) is 4.79 Å². The Bertz CT molecular complexity index is 606. The molecule has 24 heavy (non-hydrogen) atoms. The van der Waals surface area contributed by atoms with Crippen molar-refractivity contribution in [1.82, 2.24) is 9.80 Å². The number of piperazine rings is 1. The van der Waals surface area contributed by atoms with E-state index in [4.69, 9.17) is 9.84 Å². The van der Waals surface area contributed by atoms with E-state index in [1.165, 1.54) is 6.92 Å². The Kier molecular flexibility index (Phi) is 5.92. The molecule has 0 radical (unpaired) electrons. The summed E-state index contributed by atoms with van der Waals surface area (Å²) in [4.78, 5) is 39.0. The number of hydrogen-bond acceptors (Lipinski definition) is 5. The fraction of sp³-hybridized carbons (Fsp3) is 0.471. The van der Waals surface area contributed by atoms with Crippen molar-refractivity contribution in [3.63, 3.8) is 0 Å². The van der Waals surface area contributed by atoms with Crippen LogP contribution in [0.3, 0.4) is 0 Å². The average molecular weight is 334 g/mol. The Hall–Kier alpha value is -2.41. The number of benzene rings is 1. The van der Waals surface area contributed by atoms with Crippen LogP contribution in [0.15, 0.2) is 24.3 Å². The van der Waals surface area contributed by atoms with Crippen molar-refractivity contribution in [2.75, 3.05) is 26.2 Å². The predicted molar refractivity (Wildman–Crippen MR) is 86.1 cm³/mol. The summed E-state index contributed by atoms with van der Waals surface area (Å²) in [5.41, 5.74) is 1.02. The summed E-state index contributed by atoms with van der Waals surface area (Å²) in [5, 5.41) is 8.99. The number of aliphatic hydroxyl groups is 1. The number of aliphatic hydroxyl groups excluding tert-OH is 1. The molecule has 7 heteroatoms. The van der Waals surface area contributed by atoms with Gasteiger partial charge in [0.2, 0.25) is 5.91 Å². The minimum Gasteiger partial charge on any atom is -0.449 e. The van der Waals surface area contributed by atoms with Crippen molar-refractivity contribution >= 4 is 17.8 Å². The first-order chi connectivity index (χ1) is 11.4. The number of rotatable bonds is 4. The molecule has 7 nitrogen and oxygen atoms in total. The lowest BCUT2D eigenvalue weighted by atomic mass is 10.1. The molecule has 1 fully saturated rings. The van der Waals surface area contributed by atoms with Gasteiger partial charge in [-0.05, 0) is 24.6 Å². The third kappa shape index (κ3) is 4.32. The molecule has 1 saturated heterocycles. The highest BCUT2D eigenvalue weighted by Gasteiger charge is 2.28. The van der Waals surface area contributed by atoms with Crippen LogP contribution in [0, 0.1) is 0 Å². The number of amides is 2. The molecule has 0 aliphatic carbocycles. The van der Waals surface area contributed by atoms with Crippen molar-refractivity contribution in [2.45, 2.75) is 26.6 Å². The van der Waals surface area contributed by atoms with E-state index >= 15 is 0 Å². The predicted octanol–water partition coefficient (Wildman–Crippen LogP) is 0.415. The van der Waals surface area contributed by atoms with Gasteiger partial charge in [0.05, 0.1) is 12.2 Å². The van der Waals surface area contributed by atoms with E-state index in [-0.39, 0.29) is 18.4 Å². The minimum atomic E-state index is -0.890. The topological polar surface area (TPSA) is 87.2 Å². The van der Waals surface area contributed by atoms with Gasteiger partial charge in [0.15, 0.2) is 6.10 Å². The Morgan fingerprint density at radius 1 is 1.08 bits per heavy atom. The van der Waals surface area contributed by atoms with Crippen LogP contribution in [0.2, 0.25) is 0 Å². The lowest BCUT2D eigenvalue weighted by molar-refractivity contribution is -0.144. The number of nitrogens with zero attached hydrogens (tertiary/aromatic N) is 2. The number of esters is 1. The SMILES string of the molecule is CC(=O)N1CCN(C(=O)[C@@H](C)OC(=O)c2ccc(CO)cc2)CC1. The van der Waals surface area contributed by atoms with Crippen LogP contribution < -0.4 is 0 Å². The summed E-state index contributed by atoms with van der Waals surface area (Å²) in [6.45, 7) is 4.80. The average Bonchev–Trinajstić information content (AvgIpc) is 2.61. The van der Waals surface area contributed by atoms with Crippen LogP contribution in [-0.2, 0) is 20.9 Å². The molecule has 1 aliphatic heterocycles. The summed E-state index contributed by atoms with van der Waals surface area (Å²) in [6.07, 6.45) is -0.890. The summed E-state index contributed by atoms with van der Waals surface area (Å²) >= 11 is 0. The maximum Gasteiger partial charge on any atom is 0.338 e. The van der Waals surface area contributed by atoms with Gasteiger partial charge in [0, 0.05) is 33.1 Å². The van der Waals surface area contributed by atoms with Crippen LogP contribution in [-0.4, -0.2) is 65.0 Å². The Morgan fingerprint density at radius 3 is 2.12 bits per heavy atom. The summed E-state index contributed by atoms with van der Waals surface area (Å²) in [5.74, 6) is -0.853. The fourth-order valence-electron chi connectivity index (χ4n) is 2.52. The Balaban J connectivity index is 1.89. The molecule has 2 amide bonds. The van der Waals surface area contributed by atoms with E-state index < -0.39 is 12.1 Å². The molecule has 1 atom stereocenters. The fourth-order valence-corrected chi connectivity index (χ4v) is 2.52. The van der Waals surface area contributed by atoms with Gasteiger partial charge in [-0.3, -0.25) is 9.59 Å². The number of ether oxygens (including phenoxy) is 1. The van der Waals surface area contributed by atoms with Gasteiger partial charge < -0.3 is 19.6 Å². The maximum atomic E-state index is 12.4. The standard InChI is InChI=1S/C17H22N2O5/c1-12(16(22)19-9-7-18(8-10-19)13(2)21)24-17(23)15-5-3-14(11-20)4-6-15/h3-6,12,20H,7-11H2,1-2H3/t12-/m1/s1. The molecule has 1 heterocycles. The molecule has 1 aromatic carbocycles. The molecule has 0 saturated carbocycles. The summed E-state index contributed by atoms with van der Waals surface area (Å²) in [6, 6.07) is 6.36. The second-order valence-electron chi connectivity index (χ2n) is 5.73. The lowest BCUT2D eigenvalue weighted by Gasteiger charge is -2.35. The van der Waals surface area contributed by atoms with E-state index in [2.05, 4.69) is 0 Å². The highest BCUT2D eigenvalue weighted by atomic mass is 16.5. The van der Waals surface area contributed by atoms with Gasteiger partial charge in [0.25, 0.3) is 5.91 Å². The van der Waals surface area contributed by atoms with Gasteiger partial charge in [-0.1, -0.05) is 12.1 Å². The van der Waals surface area contributed by atoms with Crippen LogP contribution in [0.25, 0.3) is 0 Å². The van der Waals surface area contributed by atoms with E-state index in [9.17, 15) is 14.4 Å². The van der Waals surface area contributed by atoms with Crippen molar-refractivity contribution in [2.24, 2.45) is 0 Å². The van der Waals surface area contributed by atoms with Crippen LogP contribution in [0.1, 0.15) is 29.8 Å². The first kappa shape index (κ1) is 17.9. The molecule has 0 bridgehead atoms. The molecule has 1 aliphatic rings. The summed E-state index contributed by atoms with van der Waals surface area (Å²) < 4.78 is 5.23. The van der Waals surface area contributed by atoms with E-state index in [0.29, 0.717) is 37.3 Å².